The van der Waals surface area contributed by atoms with Crippen molar-refractivity contribution in [3.8, 4) is 0 Å². The second-order valence-corrected chi connectivity index (χ2v) is 3.97. The standard InChI is InChI=1S/C11H19NO3/c1-8(2)11(14)6-12-5-9-3-4-10(7-13)15-9/h3-4,8,11-14H,5-7H2,1-2H3. The van der Waals surface area contributed by atoms with Gasteiger partial charge in [-0.1, -0.05) is 13.8 Å². The van der Waals surface area contributed by atoms with E-state index in [1.807, 2.05) is 19.9 Å². The van der Waals surface area contributed by atoms with Crippen LogP contribution in [0, 0.1) is 5.92 Å². The monoisotopic (exact) mass is 213 g/mol. The van der Waals surface area contributed by atoms with Crippen molar-refractivity contribution in [2.24, 2.45) is 5.92 Å². The van der Waals surface area contributed by atoms with Crippen LogP contribution in [0.15, 0.2) is 16.5 Å². The van der Waals surface area contributed by atoms with E-state index in [-0.39, 0.29) is 18.6 Å². The van der Waals surface area contributed by atoms with E-state index < -0.39 is 0 Å². The van der Waals surface area contributed by atoms with Gasteiger partial charge in [0.1, 0.15) is 18.1 Å². The summed E-state index contributed by atoms with van der Waals surface area (Å²) in [5, 5.41) is 21.4. The van der Waals surface area contributed by atoms with Crippen LogP contribution in [-0.4, -0.2) is 22.9 Å². The molecular formula is C11H19NO3. The summed E-state index contributed by atoms with van der Waals surface area (Å²) in [7, 11) is 0. The van der Waals surface area contributed by atoms with Crippen molar-refractivity contribution in [3.63, 3.8) is 0 Å². The summed E-state index contributed by atoms with van der Waals surface area (Å²) in [5.74, 6) is 1.59. The van der Waals surface area contributed by atoms with Crippen LogP contribution in [0.1, 0.15) is 25.4 Å². The van der Waals surface area contributed by atoms with Crippen molar-refractivity contribution < 1.29 is 14.6 Å². The van der Waals surface area contributed by atoms with Crippen molar-refractivity contribution in [1.29, 1.82) is 0 Å². The molecule has 1 aromatic rings. The molecule has 1 atom stereocenters. The third-order valence-corrected chi connectivity index (χ3v) is 2.30. The van der Waals surface area contributed by atoms with Gasteiger partial charge in [0.15, 0.2) is 0 Å². The molecule has 15 heavy (non-hydrogen) atoms. The average molecular weight is 213 g/mol. The average Bonchev–Trinajstić information content (AvgIpc) is 2.65. The Labute approximate surface area is 89.9 Å². The quantitative estimate of drug-likeness (QED) is 0.656. The Morgan fingerprint density at radius 3 is 2.53 bits per heavy atom. The molecule has 1 heterocycles. The van der Waals surface area contributed by atoms with Crippen molar-refractivity contribution >= 4 is 0 Å². The second-order valence-electron chi connectivity index (χ2n) is 3.97. The predicted octanol–water partition coefficient (Wildman–Crippen LogP) is 0.878. The van der Waals surface area contributed by atoms with E-state index in [1.54, 1.807) is 6.07 Å². The SMILES string of the molecule is CC(C)C(O)CNCc1ccc(CO)o1. The molecule has 0 aromatic carbocycles. The maximum atomic E-state index is 9.52. The Hall–Kier alpha value is -0.840. The van der Waals surface area contributed by atoms with Crippen molar-refractivity contribution in [3.05, 3.63) is 23.7 Å². The highest BCUT2D eigenvalue weighted by Gasteiger charge is 2.08. The first-order chi connectivity index (χ1) is 7.13. The fourth-order valence-corrected chi connectivity index (χ4v) is 1.18. The van der Waals surface area contributed by atoms with Crippen LogP contribution in [0.25, 0.3) is 0 Å². The third-order valence-electron chi connectivity index (χ3n) is 2.30. The first-order valence-electron chi connectivity index (χ1n) is 5.20. The molecule has 3 N–H and O–H groups in total. The normalized spacial score (nSPS) is 13.4. The van der Waals surface area contributed by atoms with Gasteiger partial charge in [0, 0.05) is 6.54 Å². The van der Waals surface area contributed by atoms with E-state index in [4.69, 9.17) is 9.52 Å². The number of furan rings is 1. The predicted molar refractivity (Wildman–Crippen MR) is 57.2 cm³/mol. The highest BCUT2D eigenvalue weighted by molar-refractivity contribution is 5.05. The number of nitrogens with one attached hydrogen (secondary N) is 1. The maximum absolute atomic E-state index is 9.52. The molecule has 0 spiro atoms. The van der Waals surface area contributed by atoms with Gasteiger partial charge in [0.2, 0.25) is 0 Å². The zero-order chi connectivity index (χ0) is 11.3. The number of aliphatic hydroxyl groups is 2. The minimum Gasteiger partial charge on any atom is -0.462 e. The van der Waals surface area contributed by atoms with Gasteiger partial charge in [-0.2, -0.15) is 0 Å². The summed E-state index contributed by atoms with van der Waals surface area (Å²) >= 11 is 0. The molecule has 0 radical (unpaired) electrons. The Bertz CT molecular complexity index is 283. The summed E-state index contributed by atoms with van der Waals surface area (Å²) in [6.45, 7) is 5.00. The zero-order valence-corrected chi connectivity index (χ0v) is 9.23. The molecule has 1 unspecified atom stereocenters. The summed E-state index contributed by atoms with van der Waals surface area (Å²) in [5.41, 5.74) is 0. The molecule has 0 amide bonds. The van der Waals surface area contributed by atoms with Gasteiger partial charge in [0.25, 0.3) is 0 Å². The lowest BCUT2D eigenvalue weighted by molar-refractivity contribution is 0.122. The van der Waals surface area contributed by atoms with Gasteiger partial charge < -0.3 is 19.9 Å². The van der Waals surface area contributed by atoms with E-state index >= 15 is 0 Å². The van der Waals surface area contributed by atoms with Gasteiger partial charge in [-0.25, -0.2) is 0 Å². The second kappa shape index (κ2) is 5.90. The molecule has 0 aliphatic carbocycles. The summed E-state index contributed by atoms with van der Waals surface area (Å²) in [4.78, 5) is 0. The van der Waals surface area contributed by atoms with Gasteiger partial charge in [-0.15, -0.1) is 0 Å². The third kappa shape index (κ3) is 4.03. The molecule has 1 rings (SSSR count). The van der Waals surface area contributed by atoms with Crippen LogP contribution < -0.4 is 5.32 Å². The van der Waals surface area contributed by atoms with Crippen LogP contribution in [0.3, 0.4) is 0 Å². The van der Waals surface area contributed by atoms with Crippen LogP contribution in [0.2, 0.25) is 0 Å². The Morgan fingerprint density at radius 2 is 2.00 bits per heavy atom. The molecule has 0 aliphatic rings. The maximum Gasteiger partial charge on any atom is 0.129 e. The molecule has 0 bridgehead atoms. The van der Waals surface area contributed by atoms with E-state index in [2.05, 4.69) is 5.32 Å². The largest absolute Gasteiger partial charge is 0.462 e. The molecule has 0 aliphatic heterocycles. The minimum absolute atomic E-state index is 0.0748. The first kappa shape index (κ1) is 12.2. The van der Waals surface area contributed by atoms with Crippen LogP contribution in [0.5, 0.6) is 0 Å². The van der Waals surface area contributed by atoms with Crippen LogP contribution in [0.4, 0.5) is 0 Å². The zero-order valence-electron chi connectivity index (χ0n) is 9.23. The lowest BCUT2D eigenvalue weighted by atomic mass is 10.1. The fraction of sp³-hybridized carbons (Fsp3) is 0.636. The highest BCUT2D eigenvalue weighted by atomic mass is 16.4. The topological polar surface area (TPSA) is 65.6 Å². The molecule has 86 valence electrons. The highest BCUT2D eigenvalue weighted by Crippen LogP contribution is 2.07. The van der Waals surface area contributed by atoms with Crippen molar-refractivity contribution in [1.82, 2.24) is 5.32 Å². The molecule has 1 aromatic heterocycles. The summed E-state index contributed by atoms with van der Waals surface area (Å²) in [6, 6.07) is 3.57. The smallest absolute Gasteiger partial charge is 0.129 e. The Morgan fingerprint density at radius 1 is 1.33 bits per heavy atom. The lowest BCUT2D eigenvalue weighted by Gasteiger charge is -2.14. The van der Waals surface area contributed by atoms with Gasteiger partial charge >= 0.3 is 0 Å². The van der Waals surface area contributed by atoms with E-state index in [9.17, 15) is 5.11 Å². The molecular weight excluding hydrogens is 194 g/mol. The lowest BCUT2D eigenvalue weighted by Crippen LogP contribution is -2.30. The molecule has 0 fully saturated rings. The Balaban J connectivity index is 2.25. The van der Waals surface area contributed by atoms with Gasteiger partial charge in [-0.3, -0.25) is 0 Å². The number of hydrogen-bond acceptors (Lipinski definition) is 4. The summed E-state index contributed by atoms with van der Waals surface area (Å²) < 4.78 is 5.28. The first-order valence-corrected chi connectivity index (χ1v) is 5.20. The van der Waals surface area contributed by atoms with E-state index in [0.717, 1.165) is 5.76 Å². The van der Waals surface area contributed by atoms with Gasteiger partial charge in [0.05, 0.1) is 12.6 Å². The van der Waals surface area contributed by atoms with Crippen molar-refractivity contribution in [2.45, 2.75) is 33.1 Å². The van der Waals surface area contributed by atoms with Crippen molar-refractivity contribution in [2.75, 3.05) is 6.54 Å². The molecule has 0 saturated heterocycles. The van der Waals surface area contributed by atoms with Crippen LogP contribution >= 0.6 is 0 Å². The van der Waals surface area contributed by atoms with Gasteiger partial charge in [-0.05, 0) is 18.1 Å². The minimum atomic E-state index is -0.336. The fourth-order valence-electron chi connectivity index (χ4n) is 1.18. The number of rotatable bonds is 6. The van der Waals surface area contributed by atoms with E-state index in [1.165, 1.54) is 0 Å². The molecule has 4 nitrogen and oxygen atoms in total. The number of hydrogen-bond donors (Lipinski definition) is 3. The van der Waals surface area contributed by atoms with Crippen LogP contribution in [-0.2, 0) is 13.2 Å². The molecule has 0 saturated carbocycles. The number of aliphatic hydroxyl groups excluding tert-OH is 2. The van der Waals surface area contributed by atoms with E-state index in [0.29, 0.717) is 18.8 Å². The molecule has 4 heteroatoms. The Kier molecular flexibility index (Phi) is 4.81. The summed E-state index contributed by atoms with van der Waals surface area (Å²) in [6.07, 6.45) is -0.336.